The Balaban J connectivity index is 1.92. The summed E-state index contributed by atoms with van der Waals surface area (Å²) < 4.78 is 6.02. The number of anilines is 1. The van der Waals surface area contributed by atoms with E-state index in [-0.39, 0.29) is 5.69 Å². The van der Waals surface area contributed by atoms with Crippen LogP contribution in [0.3, 0.4) is 0 Å². The summed E-state index contributed by atoms with van der Waals surface area (Å²) in [6.07, 6.45) is 2.26. The largest absolute Gasteiger partial charge is 0.444 e. The van der Waals surface area contributed by atoms with E-state index in [1.807, 2.05) is 12.1 Å². The van der Waals surface area contributed by atoms with Crippen LogP contribution < -0.4 is 10.6 Å². The highest BCUT2D eigenvalue weighted by Gasteiger charge is 2.18. The second-order valence-electron chi connectivity index (χ2n) is 7.00. The third kappa shape index (κ3) is 6.35. The van der Waals surface area contributed by atoms with E-state index in [0.717, 1.165) is 10.9 Å². The average molecular weight is 439 g/mol. The number of carbonyl (C=O) groups excluding carboxylic acids is 1. The Morgan fingerprint density at radius 2 is 2.00 bits per heavy atom. The maximum Gasteiger partial charge on any atom is 0.407 e. The molecule has 27 heavy (non-hydrogen) atoms. The highest BCUT2D eigenvalue weighted by molar-refractivity contribution is 9.10. The van der Waals surface area contributed by atoms with Gasteiger partial charge in [0, 0.05) is 22.9 Å². The Labute approximate surface area is 166 Å². The van der Waals surface area contributed by atoms with Gasteiger partial charge < -0.3 is 15.4 Å². The molecule has 0 saturated heterocycles. The van der Waals surface area contributed by atoms with Crippen molar-refractivity contribution in [1.82, 2.24) is 10.3 Å². The van der Waals surface area contributed by atoms with Gasteiger partial charge in [-0.15, -0.1) is 0 Å². The quantitative estimate of drug-likeness (QED) is 0.370. The zero-order valence-corrected chi connectivity index (χ0v) is 17.1. The summed E-state index contributed by atoms with van der Waals surface area (Å²) in [6, 6.07) is 5.43. The number of nitrogens with one attached hydrogen (secondary N) is 2. The van der Waals surface area contributed by atoms with Gasteiger partial charge in [-0.2, -0.15) is 0 Å². The number of rotatable bonds is 7. The average Bonchev–Trinajstić information content (AvgIpc) is 2.55. The number of nitrogens with zero attached hydrogens (tertiary/aromatic N) is 2. The van der Waals surface area contributed by atoms with Crippen molar-refractivity contribution in [2.75, 3.05) is 18.4 Å². The van der Waals surface area contributed by atoms with Crippen LogP contribution in [-0.2, 0) is 4.74 Å². The number of hydrogen-bond acceptors (Lipinski definition) is 6. The molecule has 0 aliphatic carbocycles. The normalized spacial score (nSPS) is 11.3. The van der Waals surface area contributed by atoms with Crippen molar-refractivity contribution in [3.05, 3.63) is 39.0 Å². The molecule has 1 aromatic carbocycles. The topological polar surface area (TPSA) is 106 Å². The van der Waals surface area contributed by atoms with Crippen molar-refractivity contribution in [3.8, 4) is 0 Å². The zero-order valence-electron chi connectivity index (χ0n) is 15.5. The van der Waals surface area contributed by atoms with E-state index in [2.05, 4.69) is 31.5 Å². The molecule has 0 atom stereocenters. The summed E-state index contributed by atoms with van der Waals surface area (Å²) in [4.78, 5) is 26.6. The maximum absolute atomic E-state index is 11.6. The molecule has 8 nitrogen and oxygen atoms in total. The van der Waals surface area contributed by atoms with E-state index in [1.165, 1.54) is 6.20 Å². The molecule has 0 fully saturated rings. The number of unbranched alkanes of at least 4 members (excludes halogenated alkanes) is 1. The Kier molecular flexibility index (Phi) is 6.95. The van der Waals surface area contributed by atoms with Crippen molar-refractivity contribution in [2.24, 2.45) is 0 Å². The fourth-order valence-corrected chi connectivity index (χ4v) is 2.80. The number of amides is 1. The van der Waals surface area contributed by atoms with Crippen LogP contribution >= 0.6 is 15.9 Å². The van der Waals surface area contributed by atoms with E-state index < -0.39 is 16.6 Å². The van der Waals surface area contributed by atoms with Gasteiger partial charge in [-0.25, -0.2) is 9.78 Å². The van der Waals surface area contributed by atoms with Gasteiger partial charge in [-0.05, 0) is 51.8 Å². The molecule has 1 aromatic heterocycles. The molecular weight excluding hydrogens is 416 g/mol. The van der Waals surface area contributed by atoms with Crippen LogP contribution in [0.2, 0.25) is 0 Å². The Bertz CT molecular complexity index is 836. The van der Waals surface area contributed by atoms with E-state index in [9.17, 15) is 14.9 Å². The summed E-state index contributed by atoms with van der Waals surface area (Å²) in [6.45, 7) is 6.43. The molecule has 0 radical (unpaired) electrons. The fraction of sp³-hybridized carbons (Fsp3) is 0.444. The number of aromatic nitrogens is 1. The summed E-state index contributed by atoms with van der Waals surface area (Å²) >= 11 is 3.38. The van der Waals surface area contributed by atoms with E-state index in [4.69, 9.17) is 4.74 Å². The summed E-state index contributed by atoms with van der Waals surface area (Å²) in [5.41, 5.74) is 0.542. The maximum atomic E-state index is 11.6. The van der Waals surface area contributed by atoms with Gasteiger partial charge in [0.15, 0.2) is 0 Å². The van der Waals surface area contributed by atoms with Crippen LogP contribution in [0, 0.1) is 10.1 Å². The standard InChI is InChI=1S/C18H23BrN4O4/c1-18(2,3)27-17(24)21-9-5-4-8-20-16-13-7-6-12(19)10-14(13)22-11-15(16)23(25)26/h6-7,10-11H,4-5,8-9H2,1-3H3,(H,20,22)(H,21,24). The van der Waals surface area contributed by atoms with Crippen LogP contribution in [0.4, 0.5) is 16.2 Å². The predicted molar refractivity (Wildman–Crippen MR) is 108 cm³/mol. The Hall–Kier alpha value is -2.42. The molecule has 146 valence electrons. The molecule has 9 heteroatoms. The predicted octanol–water partition coefficient (Wildman–Crippen LogP) is 4.62. The highest BCUT2D eigenvalue weighted by Crippen LogP contribution is 2.32. The number of fused-ring (bicyclic) bond motifs is 1. The third-order valence-electron chi connectivity index (χ3n) is 3.58. The van der Waals surface area contributed by atoms with Crippen molar-refractivity contribution in [1.29, 1.82) is 0 Å². The van der Waals surface area contributed by atoms with Crippen molar-refractivity contribution < 1.29 is 14.5 Å². The molecule has 2 N–H and O–H groups in total. The SMILES string of the molecule is CC(C)(C)OC(=O)NCCCCNc1c([N+](=O)[O-])cnc2cc(Br)ccc12. The van der Waals surface area contributed by atoms with Gasteiger partial charge in [0.25, 0.3) is 0 Å². The molecule has 2 aromatic rings. The van der Waals surface area contributed by atoms with Crippen molar-refractivity contribution in [2.45, 2.75) is 39.2 Å². The van der Waals surface area contributed by atoms with Crippen LogP contribution in [0.25, 0.3) is 10.9 Å². The van der Waals surface area contributed by atoms with Crippen LogP contribution in [-0.4, -0.2) is 34.7 Å². The Morgan fingerprint density at radius 3 is 2.67 bits per heavy atom. The van der Waals surface area contributed by atoms with Gasteiger partial charge in [-0.1, -0.05) is 15.9 Å². The molecule has 0 bridgehead atoms. The minimum absolute atomic E-state index is 0.0586. The van der Waals surface area contributed by atoms with E-state index in [1.54, 1.807) is 26.8 Å². The first-order valence-corrected chi connectivity index (χ1v) is 9.40. The number of alkyl carbamates (subject to hydrolysis) is 1. The van der Waals surface area contributed by atoms with Crippen LogP contribution in [0.1, 0.15) is 33.6 Å². The van der Waals surface area contributed by atoms with Gasteiger partial charge in [0.2, 0.25) is 0 Å². The smallest absolute Gasteiger partial charge is 0.407 e. The zero-order chi connectivity index (χ0) is 20.0. The summed E-state index contributed by atoms with van der Waals surface area (Å²) in [5.74, 6) is 0. The van der Waals surface area contributed by atoms with Gasteiger partial charge in [-0.3, -0.25) is 10.1 Å². The number of ether oxygens (including phenoxy) is 1. The molecule has 0 saturated carbocycles. The number of nitro groups is 1. The minimum Gasteiger partial charge on any atom is -0.444 e. The lowest BCUT2D eigenvalue weighted by Gasteiger charge is -2.19. The van der Waals surface area contributed by atoms with E-state index >= 15 is 0 Å². The molecule has 1 amide bonds. The number of pyridine rings is 1. The van der Waals surface area contributed by atoms with Gasteiger partial charge in [0.05, 0.1) is 10.4 Å². The summed E-state index contributed by atoms with van der Waals surface area (Å²) in [5, 5.41) is 17.8. The first-order chi connectivity index (χ1) is 12.7. The number of hydrogen-bond donors (Lipinski definition) is 2. The number of halogens is 1. The first kappa shape index (κ1) is 20.9. The minimum atomic E-state index is -0.526. The van der Waals surface area contributed by atoms with Crippen LogP contribution in [0.5, 0.6) is 0 Å². The first-order valence-electron chi connectivity index (χ1n) is 8.61. The summed E-state index contributed by atoms with van der Waals surface area (Å²) in [7, 11) is 0. The molecular formula is C18H23BrN4O4. The second kappa shape index (κ2) is 8.98. The fourth-order valence-electron chi connectivity index (χ4n) is 2.45. The highest BCUT2D eigenvalue weighted by atomic mass is 79.9. The van der Waals surface area contributed by atoms with Crippen molar-refractivity contribution in [3.63, 3.8) is 0 Å². The van der Waals surface area contributed by atoms with E-state index in [0.29, 0.717) is 36.1 Å². The lowest BCUT2D eigenvalue weighted by atomic mass is 10.1. The van der Waals surface area contributed by atoms with Gasteiger partial charge >= 0.3 is 11.8 Å². The third-order valence-corrected chi connectivity index (χ3v) is 4.07. The molecule has 0 aliphatic rings. The molecule has 2 rings (SSSR count). The second-order valence-corrected chi connectivity index (χ2v) is 7.92. The van der Waals surface area contributed by atoms with Crippen molar-refractivity contribution >= 4 is 44.3 Å². The molecule has 0 spiro atoms. The molecule has 1 heterocycles. The van der Waals surface area contributed by atoms with Gasteiger partial charge in [0.1, 0.15) is 17.5 Å². The molecule has 0 aliphatic heterocycles. The lowest BCUT2D eigenvalue weighted by molar-refractivity contribution is -0.384. The number of benzene rings is 1. The van der Waals surface area contributed by atoms with Crippen LogP contribution in [0.15, 0.2) is 28.9 Å². The Morgan fingerprint density at radius 1 is 1.30 bits per heavy atom. The molecule has 0 unspecified atom stereocenters. The monoisotopic (exact) mass is 438 g/mol. The number of carbonyl (C=O) groups is 1. The lowest BCUT2D eigenvalue weighted by Crippen LogP contribution is -2.33.